The number of allylic oxidation sites excluding steroid dienone is 1. The summed E-state index contributed by atoms with van der Waals surface area (Å²) in [6.45, 7) is 12.4. The van der Waals surface area contributed by atoms with Gasteiger partial charge in [0.25, 0.3) is 0 Å². The standard InChI is InChI=1S/C22H28ClNO2/c1-20(2,3)19(25)26-24-18-16(13-14-8-7-9-15(23)12-14)17-10-11-22(18,6)21(17,4)5/h7-9,12-13,17H,10-11H2,1-6H3/b16-13+,24-18-. The van der Waals surface area contributed by atoms with Crippen molar-refractivity contribution in [2.24, 2.45) is 27.3 Å². The van der Waals surface area contributed by atoms with Crippen LogP contribution in [0.15, 0.2) is 35.0 Å². The van der Waals surface area contributed by atoms with Gasteiger partial charge in [-0.15, -0.1) is 0 Å². The van der Waals surface area contributed by atoms with E-state index in [2.05, 4.69) is 32.0 Å². The number of hydrogen-bond donors (Lipinski definition) is 0. The van der Waals surface area contributed by atoms with Crippen LogP contribution in [-0.4, -0.2) is 11.7 Å². The van der Waals surface area contributed by atoms with Crippen molar-refractivity contribution in [2.45, 2.75) is 54.4 Å². The van der Waals surface area contributed by atoms with E-state index < -0.39 is 5.41 Å². The molecular formula is C22H28ClNO2. The van der Waals surface area contributed by atoms with Crippen molar-refractivity contribution in [1.82, 2.24) is 0 Å². The van der Waals surface area contributed by atoms with E-state index in [1.54, 1.807) is 0 Å². The Hall–Kier alpha value is -1.61. The van der Waals surface area contributed by atoms with E-state index in [0.717, 1.165) is 24.1 Å². The van der Waals surface area contributed by atoms with Crippen LogP contribution in [0, 0.1) is 22.2 Å². The summed E-state index contributed by atoms with van der Waals surface area (Å²) >= 11 is 6.15. The number of benzene rings is 1. The molecule has 3 rings (SSSR count). The Kier molecular flexibility index (Phi) is 4.59. The zero-order valence-corrected chi connectivity index (χ0v) is 17.3. The molecule has 2 aliphatic rings. The molecule has 4 heteroatoms. The fourth-order valence-corrected chi connectivity index (χ4v) is 4.47. The molecule has 0 aromatic heterocycles. The van der Waals surface area contributed by atoms with E-state index in [-0.39, 0.29) is 16.8 Å². The van der Waals surface area contributed by atoms with Gasteiger partial charge in [0.1, 0.15) is 0 Å². The summed E-state index contributed by atoms with van der Waals surface area (Å²) in [5.74, 6) is 0.0925. The molecule has 0 N–H and O–H groups in total. The molecule has 3 nitrogen and oxygen atoms in total. The molecule has 2 bridgehead atoms. The Bertz CT molecular complexity index is 801. The van der Waals surface area contributed by atoms with Crippen molar-refractivity contribution >= 4 is 29.4 Å². The van der Waals surface area contributed by atoms with Gasteiger partial charge in [0.05, 0.1) is 11.1 Å². The van der Waals surface area contributed by atoms with Crippen LogP contribution >= 0.6 is 11.6 Å². The fraction of sp³-hybridized carbons (Fsp3) is 0.545. The van der Waals surface area contributed by atoms with E-state index >= 15 is 0 Å². The van der Waals surface area contributed by atoms with Gasteiger partial charge >= 0.3 is 5.97 Å². The average Bonchev–Trinajstić information content (AvgIpc) is 2.83. The van der Waals surface area contributed by atoms with Gasteiger partial charge in [-0.1, -0.05) is 49.7 Å². The number of fused-ring (bicyclic) bond motifs is 2. The van der Waals surface area contributed by atoms with Crippen molar-refractivity contribution in [3.05, 3.63) is 40.4 Å². The largest absolute Gasteiger partial charge is 0.340 e. The van der Waals surface area contributed by atoms with Crippen molar-refractivity contribution in [3.63, 3.8) is 0 Å². The van der Waals surface area contributed by atoms with Gasteiger partial charge in [-0.3, -0.25) is 0 Å². The lowest BCUT2D eigenvalue weighted by atomic mass is 9.70. The SMILES string of the molecule is CC(C)(C)C(=O)O/N=C1/C(=C/c2cccc(Cl)c2)C2CCC1(C)C2(C)C. The molecule has 140 valence electrons. The molecule has 2 unspecified atom stereocenters. The summed E-state index contributed by atoms with van der Waals surface area (Å²) in [5.41, 5.74) is 2.54. The molecule has 1 aromatic carbocycles. The first-order chi connectivity index (χ1) is 12.0. The smallest absolute Gasteiger partial charge is 0.317 e. The predicted molar refractivity (Wildman–Crippen MR) is 107 cm³/mol. The molecule has 26 heavy (non-hydrogen) atoms. The minimum atomic E-state index is -0.574. The van der Waals surface area contributed by atoms with E-state index in [1.165, 1.54) is 5.57 Å². The second kappa shape index (κ2) is 6.23. The lowest BCUT2D eigenvalue weighted by Gasteiger charge is -2.33. The fourth-order valence-electron chi connectivity index (χ4n) is 4.27. The lowest BCUT2D eigenvalue weighted by molar-refractivity contribution is -0.153. The highest BCUT2D eigenvalue weighted by Crippen LogP contribution is 2.66. The Morgan fingerprint density at radius 3 is 2.62 bits per heavy atom. The van der Waals surface area contributed by atoms with Crippen LogP contribution in [0.5, 0.6) is 0 Å². The van der Waals surface area contributed by atoms with Crippen molar-refractivity contribution in [3.8, 4) is 0 Å². The van der Waals surface area contributed by atoms with Crippen LogP contribution in [0.1, 0.15) is 59.9 Å². The van der Waals surface area contributed by atoms with Gasteiger partial charge < -0.3 is 4.84 Å². The third-order valence-electron chi connectivity index (χ3n) is 6.40. The number of nitrogens with zero attached hydrogens (tertiary/aromatic N) is 1. The highest BCUT2D eigenvalue weighted by Gasteiger charge is 2.63. The van der Waals surface area contributed by atoms with E-state index in [0.29, 0.717) is 10.9 Å². The molecule has 0 saturated heterocycles. The topological polar surface area (TPSA) is 38.7 Å². The molecule has 0 heterocycles. The Labute approximate surface area is 161 Å². The van der Waals surface area contributed by atoms with E-state index in [9.17, 15) is 4.79 Å². The summed E-state index contributed by atoms with van der Waals surface area (Å²) < 4.78 is 0. The van der Waals surface area contributed by atoms with Gasteiger partial charge in [0.2, 0.25) is 0 Å². The minimum Gasteiger partial charge on any atom is -0.317 e. The quantitative estimate of drug-likeness (QED) is 0.462. The van der Waals surface area contributed by atoms with Gasteiger partial charge in [0, 0.05) is 10.4 Å². The van der Waals surface area contributed by atoms with Crippen LogP contribution in [0.4, 0.5) is 0 Å². The average molecular weight is 374 g/mol. The maximum Gasteiger partial charge on any atom is 0.340 e. The molecule has 2 atom stereocenters. The molecule has 2 aliphatic carbocycles. The van der Waals surface area contributed by atoms with Crippen LogP contribution in [-0.2, 0) is 9.63 Å². The Balaban J connectivity index is 2.05. The van der Waals surface area contributed by atoms with Gasteiger partial charge in [-0.2, -0.15) is 0 Å². The highest BCUT2D eigenvalue weighted by molar-refractivity contribution is 6.30. The second-order valence-corrected chi connectivity index (χ2v) is 9.80. The van der Waals surface area contributed by atoms with Gasteiger partial charge in [-0.05, 0) is 74.3 Å². The van der Waals surface area contributed by atoms with Gasteiger partial charge in [-0.25, -0.2) is 4.79 Å². The highest BCUT2D eigenvalue weighted by atomic mass is 35.5. The summed E-state index contributed by atoms with van der Waals surface area (Å²) in [7, 11) is 0. The number of carbonyl (C=O) groups excluding carboxylic acids is 1. The van der Waals surface area contributed by atoms with Crippen molar-refractivity contribution in [1.29, 1.82) is 0 Å². The molecule has 0 amide bonds. The number of carbonyl (C=O) groups is 1. The van der Waals surface area contributed by atoms with E-state index in [4.69, 9.17) is 16.4 Å². The van der Waals surface area contributed by atoms with Crippen LogP contribution in [0.2, 0.25) is 5.02 Å². The van der Waals surface area contributed by atoms with Crippen LogP contribution < -0.4 is 0 Å². The molecule has 0 radical (unpaired) electrons. The van der Waals surface area contributed by atoms with Crippen LogP contribution in [0.25, 0.3) is 6.08 Å². The summed E-state index contributed by atoms with van der Waals surface area (Å²) in [6.07, 6.45) is 4.35. The summed E-state index contributed by atoms with van der Waals surface area (Å²) in [5, 5.41) is 5.12. The van der Waals surface area contributed by atoms with Crippen molar-refractivity contribution in [2.75, 3.05) is 0 Å². The summed E-state index contributed by atoms with van der Waals surface area (Å²) in [6, 6.07) is 7.81. The van der Waals surface area contributed by atoms with E-state index in [1.807, 2.05) is 45.0 Å². The monoisotopic (exact) mass is 373 g/mol. The molecule has 2 fully saturated rings. The number of rotatable bonds is 2. The zero-order chi connectivity index (χ0) is 19.3. The molecule has 2 saturated carbocycles. The first-order valence-corrected chi connectivity index (χ1v) is 9.62. The number of hydrogen-bond acceptors (Lipinski definition) is 3. The molecule has 0 spiro atoms. The first-order valence-electron chi connectivity index (χ1n) is 9.24. The molecule has 0 aliphatic heterocycles. The van der Waals surface area contributed by atoms with Gasteiger partial charge in [0.15, 0.2) is 0 Å². The third-order valence-corrected chi connectivity index (χ3v) is 6.64. The lowest BCUT2D eigenvalue weighted by Crippen LogP contribution is -2.33. The minimum absolute atomic E-state index is 0.0738. The van der Waals surface area contributed by atoms with Crippen molar-refractivity contribution < 1.29 is 9.63 Å². The maximum atomic E-state index is 12.2. The summed E-state index contributed by atoms with van der Waals surface area (Å²) in [4.78, 5) is 17.6. The first kappa shape index (κ1) is 19.2. The number of halogens is 1. The second-order valence-electron chi connectivity index (χ2n) is 9.37. The van der Waals surface area contributed by atoms with Crippen LogP contribution in [0.3, 0.4) is 0 Å². The number of oxime groups is 1. The Morgan fingerprint density at radius 1 is 1.31 bits per heavy atom. The predicted octanol–water partition coefficient (Wildman–Crippen LogP) is 6.12. The molecule has 1 aromatic rings. The normalized spacial score (nSPS) is 30.2. The molecular weight excluding hydrogens is 346 g/mol. The maximum absolute atomic E-state index is 12.2. The third kappa shape index (κ3) is 3.00. The Morgan fingerprint density at radius 2 is 2.00 bits per heavy atom. The zero-order valence-electron chi connectivity index (χ0n) is 16.5.